The van der Waals surface area contributed by atoms with Crippen LogP contribution in [0.3, 0.4) is 0 Å². The van der Waals surface area contributed by atoms with E-state index in [0.717, 1.165) is 42.2 Å². The van der Waals surface area contributed by atoms with E-state index >= 15 is 0 Å². The van der Waals surface area contributed by atoms with Crippen LogP contribution in [0.15, 0.2) is 71.8 Å². The van der Waals surface area contributed by atoms with E-state index in [1.807, 2.05) is 42.5 Å². The third-order valence-electron chi connectivity index (χ3n) is 6.23. The maximum absolute atomic E-state index is 13.7. The number of alkyl halides is 2. The molecule has 0 saturated carbocycles. The van der Waals surface area contributed by atoms with Gasteiger partial charge >= 0.3 is 0 Å². The largest absolute Gasteiger partial charge is 0.496 e. The van der Waals surface area contributed by atoms with Crippen LogP contribution in [-0.2, 0) is 21.9 Å². The van der Waals surface area contributed by atoms with Crippen molar-refractivity contribution in [2.75, 3.05) is 17.4 Å². The second-order valence-electron chi connectivity index (χ2n) is 9.08. The molecule has 3 aromatic rings. The van der Waals surface area contributed by atoms with E-state index in [0.29, 0.717) is 11.4 Å². The van der Waals surface area contributed by atoms with E-state index in [4.69, 9.17) is 4.74 Å². The molecule has 1 N–H and O–H groups in total. The van der Waals surface area contributed by atoms with Crippen LogP contribution in [0.25, 0.3) is 11.1 Å². The van der Waals surface area contributed by atoms with Gasteiger partial charge in [0.25, 0.3) is 11.8 Å². The molecule has 2 amide bonds. The van der Waals surface area contributed by atoms with Crippen LogP contribution >= 0.6 is 0 Å². The van der Waals surface area contributed by atoms with Crippen LogP contribution in [0.5, 0.6) is 5.75 Å². The van der Waals surface area contributed by atoms with Gasteiger partial charge < -0.3 is 10.1 Å². The highest BCUT2D eigenvalue weighted by Gasteiger charge is 2.40. The highest BCUT2D eigenvalue weighted by molar-refractivity contribution is 6.28. The SMILES string of the molecule is CCCc1cc(N2N=C(C)C(C(=O)Nc3cccc(C(C)(F)F)c3)C2=O)cc(-c2ccccc2)c1OC. The molecule has 8 heteroatoms. The summed E-state index contributed by atoms with van der Waals surface area (Å²) in [5, 5.41) is 8.24. The van der Waals surface area contributed by atoms with Gasteiger partial charge in [-0.25, -0.2) is 8.78 Å². The molecule has 1 aliphatic heterocycles. The molecule has 0 saturated heterocycles. The molecule has 0 fully saturated rings. The molecule has 3 aromatic carbocycles. The summed E-state index contributed by atoms with van der Waals surface area (Å²) in [4.78, 5) is 26.5. The van der Waals surface area contributed by atoms with Crippen molar-refractivity contribution >= 4 is 28.9 Å². The van der Waals surface area contributed by atoms with Gasteiger partial charge in [-0.1, -0.05) is 55.8 Å². The number of benzene rings is 3. The summed E-state index contributed by atoms with van der Waals surface area (Å²) < 4.78 is 33.2. The van der Waals surface area contributed by atoms with Crippen LogP contribution in [0, 0.1) is 5.92 Å². The Morgan fingerprint density at radius 3 is 2.49 bits per heavy atom. The molecule has 6 nitrogen and oxygen atoms in total. The first-order valence-corrected chi connectivity index (χ1v) is 12.1. The molecule has 1 atom stereocenters. The lowest BCUT2D eigenvalue weighted by molar-refractivity contribution is -0.127. The number of carbonyl (C=O) groups is 2. The fourth-order valence-corrected chi connectivity index (χ4v) is 4.46. The van der Waals surface area contributed by atoms with Gasteiger partial charge in [0.05, 0.1) is 18.5 Å². The second-order valence-corrected chi connectivity index (χ2v) is 9.08. The van der Waals surface area contributed by atoms with Crippen molar-refractivity contribution < 1.29 is 23.1 Å². The van der Waals surface area contributed by atoms with E-state index < -0.39 is 23.7 Å². The molecule has 1 heterocycles. The van der Waals surface area contributed by atoms with Crippen LogP contribution < -0.4 is 15.1 Å². The van der Waals surface area contributed by atoms with Gasteiger partial charge in [-0.15, -0.1) is 0 Å². The standard InChI is InChI=1S/C29H29F2N3O3/c1-5-10-20-15-23(17-24(26(20)37-4)19-11-7-6-8-12-19)34-28(36)25(18(2)33-34)27(35)32-22-14-9-13-21(16-22)29(3,30)31/h6-9,11-17,25H,5,10H2,1-4H3,(H,32,35). The van der Waals surface area contributed by atoms with Crippen molar-refractivity contribution in [3.05, 3.63) is 77.9 Å². The lowest BCUT2D eigenvalue weighted by Gasteiger charge is -2.20. The number of aryl methyl sites for hydroxylation is 1. The molecule has 192 valence electrons. The lowest BCUT2D eigenvalue weighted by atomic mass is 9.97. The first-order chi connectivity index (χ1) is 17.6. The molecule has 0 bridgehead atoms. The summed E-state index contributed by atoms with van der Waals surface area (Å²) in [5.74, 6) is -4.65. The third-order valence-corrected chi connectivity index (χ3v) is 6.23. The van der Waals surface area contributed by atoms with Gasteiger partial charge in [0, 0.05) is 23.7 Å². The fourth-order valence-electron chi connectivity index (χ4n) is 4.46. The summed E-state index contributed by atoms with van der Waals surface area (Å²) in [5.41, 5.74) is 3.45. The predicted octanol–water partition coefficient (Wildman–Crippen LogP) is 6.40. The zero-order valence-corrected chi connectivity index (χ0v) is 21.2. The minimum Gasteiger partial charge on any atom is -0.496 e. The predicted molar refractivity (Wildman–Crippen MR) is 141 cm³/mol. The van der Waals surface area contributed by atoms with Gasteiger partial charge in [0.2, 0.25) is 5.91 Å². The van der Waals surface area contributed by atoms with E-state index in [9.17, 15) is 18.4 Å². The topological polar surface area (TPSA) is 71.0 Å². The Hall–Kier alpha value is -4.07. The Morgan fingerprint density at radius 1 is 1.11 bits per heavy atom. The summed E-state index contributed by atoms with van der Waals surface area (Å²) in [7, 11) is 1.62. The van der Waals surface area contributed by atoms with Gasteiger partial charge in [0.15, 0.2) is 5.92 Å². The van der Waals surface area contributed by atoms with Crippen molar-refractivity contribution in [3.63, 3.8) is 0 Å². The number of methoxy groups -OCH3 is 1. The normalized spacial score (nSPS) is 15.5. The number of nitrogens with one attached hydrogen (secondary N) is 1. The summed E-state index contributed by atoms with van der Waals surface area (Å²) >= 11 is 0. The number of hydrazone groups is 1. The number of anilines is 2. The summed E-state index contributed by atoms with van der Waals surface area (Å²) in [6.45, 7) is 4.45. The highest BCUT2D eigenvalue weighted by Crippen LogP contribution is 2.39. The number of nitrogens with zero attached hydrogens (tertiary/aromatic N) is 2. The number of carbonyl (C=O) groups excluding carboxylic acids is 2. The Balaban J connectivity index is 1.66. The van der Waals surface area contributed by atoms with Crippen molar-refractivity contribution in [2.24, 2.45) is 11.0 Å². The van der Waals surface area contributed by atoms with Crippen LogP contribution in [-0.4, -0.2) is 24.6 Å². The molecule has 4 rings (SSSR count). The number of halogens is 2. The van der Waals surface area contributed by atoms with E-state index in [1.54, 1.807) is 14.0 Å². The lowest BCUT2D eigenvalue weighted by Crippen LogP contribution is -2.36. The molecule has 0 radical (unpaired) electrons. The Morgan fingerprint density at radius 2 is 1.84 bits per heavy atom. The smallest absolute Gasteiger partial charge is 0.270 e. The van der Waals surface area contributed by atoms with Crippen LogP contribution in [0.2, 0.25) is 0 Å². The quantitative estimate of drug-likeness (QED) is 0.360. The Labute approximate surface area is 214 Å². The molecular weight excluding hydrogens is 476 g/mol. The monoisotopic (exact) mass is 505 g/mol. The minimum absolute atomic E-state index is 0.184. The summed E-state index contributed by atoms with van der Waals surface area (Å²) in [6, 6.07) is 18.8. The van der Waals surface area contributed by atoms with Gasteiger partial charge in [0.1, 0.15) is 5.75 Å². The zero-order chi connectivity index (χ0) is 26.7. The number of amides is 2. The van der Waals surface area contributed by atoms with Gasteiger partial charge in [-0.2, -0.15) is 10.1 Å². The first-order valence-electron chi connectivity index (χ1n) is 12.1. The Kier molecular flexibility index (Phi) is 7.38. The number of rotatable bonds is 8. The van der Waals surface area contributed by atoms with Crippen molar-refractivity contribution in [1.29, 1.82) is 0 Å². The Bertz CT molecular complexity index is 1350. The maximum Gasteiger partial charge on any atom is 0.270 e. The van der Waals surface area contributed by atoms with Gasteiger partial charge in [-0.05, 0) is 48.7 Å². The summed E-state index contributed by atoms with van der Waals surface area (Å²) in [6.07, 6.45) is 1.59. The van der Waals surface area contributed by atoms with Crippen molar-refractivity contribution in [2.45, 2.75) is 39.5 Å². The van der Waals surface area contributed by atoms with Crippen LogP contribution in [0.1, 0.15) is 38.3 Å². The van der Waals surface area contributed by atoms with Crippen molar-refractivity contribution in [1.82, 2.24) is 0 Å². The molecular formula is C29H29F2N3O3. The van der Waals surface area contributed by atoms with Gasteiger partial charge in [-0.3, -0.25) is 9.59 Å². The number of hydrogen-bond donors (Lipinski definition) is 1. The highest BCUT2D eigenvalue weighted by atomic mass is 19.3. The molecule has 1 unspecified atom stereocenters. The second kappa shape index (κ2) is 10.5. The van der Waals surface area contributed by atoms with Crippen LogP contribution in [0.4, 0.5) is 20.2 Å². The third kappa shape index (κ3) is 5.38. The van der Waals surface area contributed by atoms with E-state index in [-0.39, 0.29) is 11.3 Å². The molecule has 0 aromatic heterocycles. The average Bonchev–Trinajstić information content (AvgIpc) is 3.17. The zero-order valence-electron chi connectivity index (χ0n) is 21.2. The number of hydrogen-bond acceptors (Lipinski definition) is 4. The first kappa shape index (κ1) is 26.0. The maximum atomic E-state index is 13.7. The van der Waals surface area contributed by atoms with Crippen molar-refractivity contribution in [3.8, 4) is 16.9 Å². The van der Waals surface area contributed by atoms with E-state index in [2.05, 4.69) is 17.3 Å². The number of ether oxygens (including phenoxy) is 1. The molecule has 0 spiro atoms. The average molecular weight is 506 g/mol. The molecule has 0 aliphatic carbocycles. The molecule has 1 aliphatic rings. The molecule has 37 heavy (non-hydrogen) atoms. The van der Waals surface area contributed by atoms with E-state index in [1.165, 1.54) is 29.3 Å². The fraction of sp³-hybridized carbons (Fsp3) is 0.276. The minimum atomic E-state index is -3.06.